The van der Waals surface area contributed by atoms with E-state index in [9.17, 15) is 9.18 Å². The predicted molar refractivity (Wildman–Crippen MR) is 98.1 cm³/mol. The summed E-state index contributed by atoms with van der Waals surface area (Å²) in [5, 5.41) is 5.89. The molecule has 3 saturated heterocycles. The standard InChI is InChI=1S/C19H23FN6O3/c1-11-7-21-26-17(11)19(27)25(10-22-26)8-16-23-18(24-29-16)13-6-15(28-9-13)12-2-4-14(20)5-3-12/h2-5,11,13,15,17,21-22H,6-10H2,1H3/t11?,13-,15+,17?/m0/s1. The van der Waals surface area contributed by atoms with Gasteiger partial charge in [-0.25, -0.2) is 15.2 Å². The lowest BCUT2D eigenvalue weighted by Gasteiger charge is -2.37. The van der Waals surface area contributed by atoms with Crippen molar-refractivity contribution in [1.29, 1.82) is 0 Å². The minimum atomic E-state index is -0.265. The number of carbonyl (C=O) groups is 1. The maximum atomic E-state index is 13.1. The van der Waals surface area contributed by atoms with Gasteiger partial charge in [0.15, 0.2) is 5.82 Å². The Morgan fingerprint density at radius 1 is 1.28 bits per heavy atom. The summed E-state index contributed by atoms with van der Waals surface area (Å²) in [6.45, 7) is 3.93. The van der Waals surface area contributed by atoms with E-state index >= 15 is 0 Å². The third-order valence-electron chi connectivity index (χ3n) is 5.81. The van der Waals surface area contributed by atoms with Crippen molar-refractivity contribution in [3.05, 3.63) is 47.4 Å². The van der Waals surface area contributed by atoms with E-state index in [2.05, 4.69) is 21.0 Å². The number of fused-ring (bicyclic) bond motifs is 1. The number of nitrogens with zero attached hydrogens (tertiary/aromatic N) is 4. The van der Waals surface area contributed by atoms with Crippen molar-refractivity contribution in [2.75, 3.05) is 19.8 Å². The normalized spacial score (nSPS) is 30.1. The van der Waals surface area contributed by atoms with Crippen molar-refractivity contribution in [2.45, 2.75) is 38.0 Å². The summed E-state index contributed by atoms with van der Waals surface area (Å²) in [5.41, 5.74) is 7.30. The van der Waals surface area contributed by atoms with E-state index in [1.807, 2.05) is 6.92 Å². The largest absolute Gasteiger partial charge is 0.373 e. The molecule has 0 aliphatic carbocycles. The third kappa shape index (κ3) is 3.52. The number of halogens is 1. The molecule has 3 aliphatic rings. The lowest BCUT2D eigenvalue weighted by Crippen LogP contribution is -2.63. The summed E-state index contributed by atoms with van der Waals surface area (Å²) in [6, 6.07) is 6.11. The van der Waals surface area contributed by atoms with Crippen molar-refractivity contribution >= 4 is 5.91 Å². The number of ether oxygens (including phenoxy) is 1. The minimum absolute atomic E-state index is 0.00674. The molecule has 2 unspecified atom stereocenters. The van der Waals surface area contributed by atoms with Crippen molar-refractivity contribution in [3.63, 3.8) is 0 Å². The van der Waals surface area contributed by atoms with Gasteiger partial charge in [-0.2, -0.15) is 10.1 Å². The Balaban J connectivity index is 1.22. The Morgan fingerprint density at radius 3 is 2.93 bits per heavy atom. The van der Waals surface area contributed by atoms with E-state index < -0.39 is 0 Å². The summed E-state index contributed by atoms with van der Waals surface area (Å²) < 4.78 is 24.4. The average molecular weight is 402 g/mol. The van der Waals surface area contributed by atoms with E-state index in [1.54, 1.807) is 22.2 Å². The van der Waals surface area contributed by atoms with Crippen LogP contribution in [0.5, 0.6) is 0 Å². The fourth-order valence-electron chi connectivity index (χ4n) is 4.15. The van der Waals surface area contributed by atoms with Gasteiger partial charge in [0.05, 0.1) is 19.4 Å². The maximum Gasteiger partial charge on any atom is 0.246 e. The first-order valence-corrected chi connectivity index (χ1v) is 9.83. The van der Waals surface area contributed by atoms with Crippen LogP contribution in [-0.4, -0.2) is 51.9 Å². The fourth-order valence-corrected chi connectivity index (χ4v) is 4.15. The first kappa shape index (κ1) is 18.6. The highest BCUT2D eigenvalue weighted by Crippen LogP contribution is 2.37. The summed E-state index contributed by atoms with van der Waals surface area (Å²) in [7, 11) is 0. The number of rotatable bonds is 4. The lowest BCUT2D eigenvalue weighted by molar-refractivity contribution is -0.149. The molecule has 154 valence electrons. The van der Waals surface area contributed by atoms with Crippen LogP contribution in [0.1, 0.15) is 42.6 Å². The number of hydrogen-bond donors (Lipinski definition) is 2. The molecule has 10 heteroatoms. The van der Waals surface area contributed by atoms with Crippen molar-refractivity contribution in [2.24, 2.45) is 5.92 Å². The quantitative estimate of drug-likeness (QED) is 0.785. The number of hydrazine groups is 2. The third-order valence-corrected chi connectivity index (χ3v) is 5.81. The summed E-state index contributed by atoms with van der Waals surface area (Å²) in [4.78, 5) is 19.0. The monoisotopic (exact) mass is 402 g/mol. The van der Waals surface area contributed by atoms with Crippen LogP contribution >= 0.6 is 0 Å². The SMILES string of the molecule is CC1CNN2NCN(Cc3nc([C@@H]4CO[C@@H](c5ccc(F)cc5)C4)no3)C(=O)C12. The van der Waals surface area contributed by atoms with Crippen LogP contribution in [-0.2, 0) is 16.1 Å². The summed E-state index contributed by atoms with van der Waals surface area (Å²) in [6.07, 6.45) is 0.590. The highest BCUT2D eigenvalue weighted by molar-refractivity contribution is 5.82. The van der Waals surface area contributed by atoms with Gasteiger partial charge in [0, 0.05) is 12.5 Å². The van der Waals surface area contributed by atoms with Crippen molar-refractivity contribution in [3.8, 4) is 0 Å². The smallest absolute Gasteiger partial charge is 0.246 e. The molecule has 1 aromatic carbocycles. The predicted octanol–water partition coefficient (Wildman–Crippen LogP) is 1.08. The van der Waals surface area contributed by atoms with Gasteiger partial charge in [0.1, 0.15) is 18.4 Å². The molecule has 2 N–H and O–H groups in total. The first-order chi connectivity index (χ1) is 14.1. The van der Waals surface area contributed by atoms with E-state index in [1.165, 1.54) is 12.1 Å². The molecule has 0 radical (unpaired) electrons. The molecule has 9 nitrogen and oxygen atoms in total. The Labute approximate surface area is 167 Å². The molecular weight excluding hydrogens is 379 g/mol. The van der Waals surface area contributed by atoms with Crippen molar-refractivity contribution < 1.29 is 18.4 Å². The molecule has 4 atom stereocenters. The van der Waals surface area contributed by atoms with Crippen LogP contribution in [0.25, 0.3) is 0 Å². The maximum absolute atomic E-state index is 13.1. The Kier molecular flexibility index (Phi) is 4.78. The molecule has 3 aliphatic heterocycles. The topological polar surface area (TPSA) is 95.8 Å². The van der Waals surface area contributed by atoms with Gasteiger partial charge in [-0.1, -0.05) is 24.2 Å². The molecule has 3 fully saturated rings. The zero-order valence-corrected chi connectivity index (χ0v) is 16.0. The van der Waals surface area contributed by atoms with Gasteiger partial charge >= 0.3 is 0 Å². The van der Waals surface area contributed by atoms with Crippen LogP contribution in [0.15, 0.2) is 28.8 Å². The van der Waals surface area contributed by atoms with Crippen LogP contribution in [0, 0.1) is 11.7 Å². The second-order valence-electron chi connectivity index (χ2n) is 7.86. The minimum Gasteiger partial charge on any atom is -0.373 e. The molecule has 0 spiro atoms. The number of aromatic nitrogens is 2. The second kappa shape index (κ2) is 7.45. The Morgan fingerprint density at radius 2 is 2.10 bits per heavy atom. The van der Waals surface area contributed by atoms with Gasteiger partial charge in [0.25, 0.3) is 0 Å². The van der Waals surface area contributed by atoms with E-state index in [0.717, 1.165) is 12.1 Å². The van der Waals surface area contributed by atoms with Crippen LogP contribution in [0.2, 0.25) is 0 Å². The fraction of sp³-hybridized carbons (Fsp3) is 0.526. The molecule has 2 aromatic rings. The number of carbonyl (C=O) groups excluding carboxylic acids is 1. The number of benzene rings is 1. The first-order valence-electron chi connectivity index (χ1n) is 9.83. The van der Waals surface area contributed by atoms with Gasteiger partial charge in [-0.3, -0.25) is 4.79 Å². The van der Waals surface area contributed by atoms with E-state index in [0.29, 0.717) is 31.4 Å². The Bertz CT molecular complexity index is 890. The highest BCUT2D eigenvalue weighted by Gasteiger charge is 2.43. The highest BCUT2D eigenvalue weighted by atomic mass is 19.1. The van der Waals surface area contributed by atoms with Gasteiger partial charge in [-0.05, 0) is 30.0 Å². The summed E-state index contributed by atoms with van der Waals surface area (Å²) >= 11 is 0. The molecule has 1 amide bonds. The van der Waals surface area contributed by atoms with E-state index in [-0.39, 0.29) is 42.3 Å². The molecule has 5 rings (SSSR count). The zero-order chi connectivity index (χ0) is 20.0. The second-order valence-corrected chi connectivity index (χ2v) is 7.86. The number of hydrogen-bond acceptors (Lipinski definition) is 8. The van der Waals surface area contributed by atoms with Crippen molar-refractivity contribution in [1.82, 2.24) is 31.0 Å². The molecule has 1 aromatic heterocycles. The molecular formula is C19H23FN6O3. The van der Waals surface area contributed by atoms with Crippen LogP contribution < -0.4 is 10.9 Å². The van der Waals surface area contributed by atoms with Crippen LogP contribution in [0.3, 0.4) is 0 Å². The zero-order valence-electron chi connectivity index (χ0n) is 16.0. The average Bonchev–Trinajstić information content (AvgIpc) is 3.45. The van der Waals surface area contributed by atoms with Gasteiger partial charge in [-0.15, -0.1) is 0 Å². The van der Waals surface area contributed by atoms with Gasteiger partial charge < -0.3 is 14.2 Å². The summed E-state index contributed by atoms with van der Waals surface area (Å²) in [5.74, 6) is 0.995. The molecule has 29 heavy (non-hydrogen) atoms. The lowest BCUT2D eigenvalue weighted by atomic mass is 10.00. The molecule has 4 heterocycles. The Hall–Kier alpha value is -2.40. The molecule has 0 saturated carbocycles. The number of nitrogens with one attached hydrogen (secondary N) is 2. The van der Waals surface area contributed by atoms with Gasteiger partial charge in [0.2, 0.25) is 11.8 Å². The number of amides is 1. The molecule has 0 bridgehead atoms. The van der Waals surface area contributed by atoms with Crippen LogP contribution in [0.4, 0.5) is 4.39 Å². The van der Waals surface area contributed by atoms with E-state index in [4.69, 9.17) is 9.26 Å².